The van der Waals surface area contributed by atoms with Crippen molar-refractivity contribution in [3.8, 4) is 11.5 Å². The van der Waals surface area contributed by atoms with Crippen molar-refractivity contribution in [2.75, 3.05) is 6.61 Å². The van der Waals surface area contributed by atoms with E-state index >= 15 is 0 Å². The highest BCUT2D eigenvalue weighted by Crippen LogP contribution is 2.39. The average molecular weight is 409 g/mol. The molecule has 0 saturated carbocycles. The predicted molar refractivity (Wildman–Crippen MR) is 86.9 cm³/mol. The number of hydrogen-bond acceptors (Lipinski definition) is 3. The van der Waals surface area contributed by atoms with Crippen molar-refractivity contribution >= 4 is 11.6 Å². The summed E-state index contributed by atoms with van der Waals surface area (Å²) in [6, 6.07) is 5.01. The van der Waals surface area contributed by atoms with E-state index in [-0.39, 0.29) is 12.1 Å². The predicted octanol–water partition coefficient (Wildman–Crippen LogP) is 4.72. The van der Waals surface area contributed by atoms with Gasteiger partial charge in [0.15, 0.2) is 11.2 Å². The van der Waals surface area contributed by atoms with Crippen LogP contribution in [0.5, 0.6) is 11.5 Å². The second-order valence-electron chi connectivity index (χ2n) is 5.84. The zero-order valence-electron chi connectivity index (χ0n) is 13.9. The molecule has 3 rings (SSSR count). The Balaban J connectivity index is 2.15. The van der Waals surface area contributed by atoms with E-state index in [1.54, 1.807) is 18.2 Å². The molecule has 0 bridgehead atoms. The Morgan fingerprint density at radius 2 is 2.07 bits per heavy atom. The number of aromatic nitrogens is 1. The summed E-state index contributed by atoms with van der Waals surface area (Å²) < 4.78 is 75.3. The van der Waals surface area contributed by atoms with Gasteiger partial charge in [-0.1, -0.05) is 23.7 Å². The van der Waals surface area contributed by atoms with Gasteiger partial charge in [0.25, 0.3) is 0 Å². The van der Waals surface area contributed by atoms with Crippen LogP contribution >= 0.6 is 11.6 Å². The largest absolute Gasteiger partial charge is 0.492 e. The third-order valence-electron chi connectivity index (χ3n) is 3.99. The van der Waals surface area contributed by atoms with Gasteiger partial charge in [0, 0.05) is 25.2 Å². The molecular weight excluding hydrogens is 395 g/mol. The van der Waals surface area contributed by atoms with Gasteiger partial charge in [0.1, 0.15) is 5.75 Å². The summed E-state index contributed by atoms with van der Waals surface area (Å²) >= 11 is 6.09. The molecule has 10 heteroatoms. The van der Waals surface area contributed by atoms with Crippen LogP contribution in [0.2, 0.25) is 5.02 Å². The van der Waals surface area contributed by atoms with E-state index in [2.05, 4.69) is 9.73 Å². The lowest BCUT2D eigenvalue weighted by Gasteiger charge is -2.24. The third kappa shape index (κ3) is 4.18. The summed E-state index contributed by atoms with van der Waals surface area (Å²) in [5, 5.41) is 0.369. The van der Waals surface area contributed by atoms with Crippen molar-refractivity contribution in [2.45, 2.75) is 25.3 Å². The Morgan fingerprint density at radius 1 is 1.33 bits per heavy atom. The average Bonchev–Trinajstić information content (AvgIpc) is 2.57. The zero-order chi connectivity index (χ0) is 19.8. The molecule has 0 radical (unpaired) electrons. The number of halogens is 6. The van der Waals surface area contributed by atoms with Crippen LogP contribution in [0.4, 0.5) is 22.0 Å². The van der Waals surface area contributed by atoms with Crippen LogP contribution in [0, 0.1) is 0 Å². The van der Waals surface area contributed by atoms with E-state index < -0.39 is 30.1 Å². The summed E-state index contributed by atoms with van der Waals surface area (Å²) in [6.45, 7) is -3.01. The fourth-order valence-corrected chi connectivity index (χ4v) is 3.07. The van der Waals surface area contributed by atoms with Crippen LogP contribution in [-0.2, 0) is 13.2 Å². The number of pyridine rings is 1. The van der Waals surface area contributed by atoms with Gasteiger partial charge in [0.2, 0.25) is 0 Å². The number of alkyl halides is 5. The molecule has 0 N–H and O–H groups in total. The molecule has 0 aliphatic carbocycles. The van der Waals surface area contributed by atoms with Gasteiger partial charge in [-0.25, -0.2) is 0 Å². The van der Waals surface area contributed by atoms with E-state index in [4.69, 9.17) is 16.3 Å². The zero-order valence-corrected chi connectivity index (χ0v) is 14.7. The van der Waals surface area contributed by atoms with Gasteiger partial charge in [0.05, 0.1) is 23.2 Å². The summed E-state index contributed by atoms with van der Waals surface area (Å²) in [5.41, 5.74) is -0.632. The monoisotopic (exact) mass is 408 g/mol. The lowest BCUT2D eigenvalue weighted by atomic mass is 10.0. The minimum absolute atomic E-state index is 0.138. The quantitative estimate of drug-likeness (QED) is 0.689. The topological polar surface area (TPSA) is 35.8 Å². The van der Waals surface area contributed by atoms with Crippen LogP contribution in [0.25, 0.3) is 0 Å². The second kappa shape index (κ2) is 7.38. The minimum atomic E-state index is -4.71. The lowest BCUT2D eigenvalue weighted by Crippen LogP contribution is -2.26. The molecule has 1 aliphatic rings. The highest BCUT2D eigenvalue weighted by atomic mass is 35.5. The molecule has 27 heavy (non-hydrogen) atoms. The van der Waals surface area contributed by atoms with Gasteiger partial charge >= 0.3 is 12.8 Å². The molecule has 2 heterocycles. The third-order valence-corrected chi connectivity index (χ3v) is 4.29. The normalized spacial score (nSPS) is 17.6. The number of ether oxygens (including phenoxy) is 2. The van der Waals surface area contributed by atoms with Gasteiger partial charge in [-0.2, -0.15) is 22.0 Å². The second-order valence-corrected chi connectivity index (χ2v) is 6.25. The number of nitrogens with zero attached hydrogens (tertiary/aromatic N) is 2. The molecule has 1 aromatic carbocycles. The smallest absolute Gasteiger partial charge is 0.417 e. The number of para-hydroxylation sites is 1. The summed E-state index contributed by atoms with van der Waals surface area (Å²) in [7, 11) is 1.28. The first kappa shape index (κ1) is 19.5. The molecule has 0 spiro atoms. The Bertz CT molecular complexity index is 911. The van der Waals surface area contributed by atoms with Crippen molar-refractivity contribution < 1.29 is 31.4 Å². The van der Waals surface area contributed by atoms with E-state index in [0.717, 1.165) is 10.8 Å². The van der Waals surface area contributed by atoms with Crippen molar-refractivity contribution in [2.24, 2.45) is 12.0 Å². The fourth-order valence-electron chi connectivity index (χ4n) is 2.83. The molecule has 1 aromatic heterocycles. The molecule has 1 unspecified atom stereocenters. The number of hydrogen-bond donors (Lipinski definition) is 0. The Hall–Kier alpha value is -2.29. The van der Waals surface area contributed by atoms with E-state index in [1.165, 1.54) is 7.05 Å². The van der Waals surface area contributed by atoms with Crippen LogP contribution in [0.3, 0.4) is 0 Å². The highest BCUT2D eigenvalue weighted by Gasteiger charge is 2.32. The molecular formula is C17H14ClF5N2O2. The first-order valence-electron chi connectivity index (χ1n) is 7.84. The molecule has 0 saturated heterocycles. The Morgan fingerprint density at radius 3 is 2.74 bits per heavy atom. The Kier molecular flexibility index (Phi) is 5.32. The molecule has 0 fully saturated rings. The maximum Gasteiger partial charge on any atom is 0.417 e. The van der Waals surface area contributed by atoms with Crippen LogP contribution < -0.4 is 15.0 Å². The van der Waals surface area contributed by atoms with Crippen molar-refractivity contribution in [3.05, 3.63) is 52.1 Å². The maximum absolute atomic E-state index is 13.0. The summed E-state index contributed by atoms with van der Waals surface area (Å²) in [5.74, 6) is -0.234. The maximum atomic E-state index is 13.0. The molecule has 0 amide bonds. The van der Waals surface area contributed by atoms with Gasteiger partial charge in [-0.05, 0) is 12.1 Å². The molecule has 1 aliphatic heterocycles. The standard InChI is InChI=1S/C17H14ClF5N2O2/c1-25-8-9(17(21,22)23)7-13(27-16(19)20)15(25)24-12-5-6-26-14-10(12)3-2-4-11(14)18/h2-4,7-8,12,16H,5-6H2,1H3. The first-order valence-corrected chi connectivity index (χ1v) is 8.22. The lowest BCUT2D eigenvalue weighted by molar-refractivity contribution is -0.138. The number of aryl methyl sites for hydroxylation is 1. The molecule has 4 nitrogen and oxygen atoms in total. The van der Waals surface area contributed by atoms with Gasteiger partial charge in [-0.3, -0.25) is 4.99 Å². The van der Waals surface area contributed by atoms with E-state index in [1.807, 2.05) is 0 Å². The number of rotatable bonds is 3. The van der Waals surface area contributed by atoms with Crippen molar-refractivity contribution in [1.29, 1.82) is 0 Å². The number of fused-ring (bicyclic) bond motifs is 1. The van der Waals surface area contributed by atoms with Gasteiger partial charge < -0.3 is 14.0 Å². The molecule has 2 aromatic rings. The Labute approximate surface area is 155 Å². The van der Waals surface area contributed by atoms with Gasteiger partial charge in [-0.15, -0.1) is 0 Å². The SMILES string of the molecule is Cn1cc(C(F)(F)F)cc(OC(F)F)c1=NC1CCOc2c(Cl)cccc21. The fraction of sp³-hybridized carbons (Fsp3) is 0.353. The van der Waals surface area contributed by atoms with Crippen molar-refractivity contribution in [3.63, 3.8) is 0 Å². The van der Waals surface area contributed by atoms with E-state index in [0.29, 0.717) is 28.8 Å². The summed E-state index contributed by atoms with van der Waals surface area (Å²) in [4.78, 5) is 4.37. The number of benzene rings is 1. The molecule has 1 atom stereocenters. The first-order chi connectivity index (χ1) is 12.7. The van der Waals surface area contributed by atoms with Crippen LogP contribution in [-0.4, -0.2) is 17.8 Å². The summed E-state index contributed by atoms with van der Waals surface area (Å²) in [6.07, 6.45) is -3.53. The van der Waals surface area contributed by atoms with Crippen molar-refractivity contribution in [1.82, 2.24) is 4.57 Å². The highest BCUT2D eigenvalue weighted by molar-refractivity contribution is 6.32. The van der Waals surface area contributed by atoms with Crippen LogP contribution in [0.1, 0.15) is 23.6 Å². The molecule has 146 valence electrons. The minimum Gasteiger partial charge on any atom is -0.492 e. The van der Waals surface area contributed by atoms with Crippen LogP contribution in [0.15, 0.2) is 35.5 Å². The van der Waals surface area contributed by atoms with E-state index in [9.17, 15) is 22.0 Å².